The van der Waals surface area contributed by atoms with Crippen LogP contribution >= 0.6 is 0 Å². The summed E-state index contributed by atoms with van der Waals surface area (Å²) in [5, 5.41) is 20.9. The van der Waals surface area contributed by atoms with Crippen LogP contribution in [0, 0.1) is 0 Å². The Morgan fingerprint density at radius 1 is 0.897 bits per heavy atom. The van der Waals surface area contributed by atoms with Gasteiger partial charge in [-0.2, -0.15) is 0 Å². The van der Waals surface area contributed by atoms with E-state index in [0.717, 1.165) is 32.1 Å². The third-order valence-electron chi connectivity index (χ3n) is 5.00. The van der Waals surface area contributed by atoms with Gasteiger partial charge in [-0.1, -0.05) is 64.7 Å². The van der Waals surface area contributed by atoms with E-state index in [0.29, 0.717) is 17.4 Å². The van der Waals surface area contributed by atoms with Crippen LogP contribution in [-0.4, -0.2) is 61.4 Å². The molecule has 0 aliphatic heterocycles. The number of ether oxygens (including phenoxy) is 1. The molecule has 0 spiro atoms. The number of esters is 1. The fourth-order valence-electron chi connectivity index (χ4n) is 3.49. The normalized spacial score (nSPS) is 13.8. The largest absolute Gasteiger partial charge is 0.550 e. The molecule has 6 nitrogen and oxygen atoms in total. The van der Waals surface area contributed by atoms with Gasteiger partial charge in [0, 0.05) is 18.8 Å². The van der Waals surface area contributed by atoms with Crippen molar-refractivity contribution in [3.05, 3.63) is 0 Å². The van der Waals surface area contributed by atoms with Crippen molar-refractivity contribution in [2.45, 2.75) is 109 Å². The van der Waals surface area contributed by atoms with Gasteiger partial charge in [0.25, 0.3) is 0 Å². The number of carboxylic acid groups (broad SMARTS) is 1. The van der Waals surface area contributed by atoms with Crippen LogP contribution in [0.4, 0.5) is 0 Å². The number of carboxylic acids is 1. The number of rotatable bonds is 19. The number of unbranched alkanes of at least 4 members (excludes halogenated alkanes) is 8. The number of nitrogens with zero attached hydrogens (tertiary/aromatic N) is 1. The molecule has 0 radical (unpaired) electrons. The maximum absolute atomic E-state index is 12.0. The zero-order chi connectivity index (χ0) is 22.1. The summed E-state index contributed by atoms with van der Waals surface area (Å²) in [4.78, 5) is 22.9. The molecule has 0 aromatic heterocycles. The first kappa shape index (κ1) is 27.9. The third kappa shape index (κ3) is 19.9. The quantitative estimate of drug-likeness (QED) is 0.199. The molecule has 0 saturated carbocycles. The number of hydrogen-bond donors (Lipinski definition) is 1. The molecule has 0 aliphatic rings. The van der Waals surface area contributed by atoms with Crippen LogP contribution in [-0.2, 0) is 14.3 Å². The smallest absolute Gasteiger partial charge is 0.306 e. The number of aliphatic carboxylic acids is 1. The van der Waals surface area contributed by atoms with Crippen molar-refractivity contribution in [3.63, 3.8) is 0 Å². The lowest BCUT2D eigenvalue weighted by Gasteiger charge is -2.29. The van der Waals surface area contributed by atoms with E-state index in [1.54, 1.807) is 0 Å². The number of carbonyl (C=O) groups is 2. The van der Waals surface area contributed by atoms with E-state index in [2.05, 4.69) is 6.92 Å². The van der Waals surface area contributed by atoms with Gasteiger partial charge in [0.1, 0.15) is 6.54 Å². The molecule has 0 aliphatic carbocycles. The summed E-state index contributed by atoms with van der Waals surface area (Å²) in [6.45, 7) is 2.66. The number of aliphatic hydroxyl groups excluding tert-OH is 1. The Balaban J connectivity index is 3.78. The Bertz CT molecular complexity index is 433. The van der Waals surface area contributed by atoms with E-state index in [1.165, 1.54) is 38.5 Å². The van der Waals surface area contributed by atoms with E-state index in [-0.39, 0.29) is 24.9 Å². The highest BCUT2D eigenvalue weighted by Gasteiger charge is 2.22. The molecule has 0 aromatic rings. The van der Waals surface area contributed by atoms with Crippen molar-refractivity contribution in [3.8, 4) is 0 Å². The summed E-state index contributed by atoms with van der Waals surface area (Å²) in [7, 11) is 5.77. The first-order valence-corrected chi connectivity index (χ1v) is 11.5. The molecule has 0 heterocycles. The number of hydrogen-bond acceptors (Lipinski definition) is 5. The fourth-order valence-corrected chi connectivity index (χ4v) is 3.49. The Hall–Kier alpha value is -1.14. The Morgan fingerprint density at radius 2 is 1.41 bits per heavy atom. The van der Waals surface area contributed by atoms with Gasteiger partial charge in [-0.3, -0.25) is 4.79 Å². The van der Waals surface area contributed by atoms with Crippen LogP contribution in [0.2, 0.25) is 0 Å². The van der Waals surface area contributed by atoms with Crippen molar-refractivity contribution in [1.82, 2.24) is 0 Å². The monoisotopic (exact) mass is 415 g/mol. The third-order valence-corrected chi connectivity index (χ3v) is 5.00. The first-order chi connectivity index (χ1) is 13.6. The number of likely N-dealkylation sites (N-methyl/N-ethyl adjacent to an activating group) is 1. The molecular formula is C23H45NO5. The van der Waals surface area contributed by atoms with E-state index < -0.39 is 12.1 Å². The highest BCUT2D eigenvalue weighted by molar-refractivity contribution is 5.70. The predicted octanol–water partition coefficient (Wildman–Crippen LogP) is 3.20. The molecule has 0 saturated heterocycles. The molecule has 0 aromatic carbocycles. The van der Waals surface area contributed by atoms with E-state index >= 15 is 0 Å². The summed E-state index contributed by atoms with van der Waals surface area (Å²) < 4.78 is 5.86. The molecule has 1 N–H and O–H groups in total. The standard InChI is InChI=1S/C23H45NO5/c1-5-6-7-8-9-10-12-15-20(25)16-13-11-14-17-23(28)29-21(18-22(26)27)19-24(2,3)4/h20-21,25H,5-19H2,1-4H3. The van der Waals surface area contributed by atoms with E-state index in [4.69, 9.17) is 4.74 Å². The van der Waals surface area contributed by atoms with E-state index in [1.807, 2.05) is 21.1 Å². The highest BCUT2D eigenvalue weighted by atomic mass is 16.5. The Labute approximate surface area is 178 Å². The van der Waals surface area contributed by atoms with Crippen molar-refractivity contribution >= 4 is 11.9 Å². The van der Waals surface area contributed by atoms with Gasteiger partial charge in [0.2, 0.25) is 0 Å². The average Bonchev–Trinajstić information content (AvgIpc) is 2.58. The van der Waals surface area contributed by atoms with Gasteiger partial charge >= 0.3 is 5.97 Å². The molecule has 29 heavy (non-hydrogen) atoms. The summed E-state index contributed by atoms with van der Waals surface area (Å²) in [5.74, 6) is -1.56. The Morgan fingerprint density at radius 3 is 1.93 bits per heavy atom. The number of quaternary nitrogens is 1. The molecule has 172 valence electrons. The molecule has 0 amide bonds. The van der Waals surface area contributed by atoms with Crippen molar-refractivity contribution in [1.29, 1.82) is 0 Å². The van der Waals surface area contributed by atoms with E-state index in [9.17, 15) is 19.8 Å². The van der Waals surface area contributed by atoms with Crippen LogP contribution in [0.15, 0.2) is 0 Å². The topological polar surface area (TPSA) is 86.7 Å². The summed E-state index contributed by atoms with van der Waals surface area (Å²) in [6, 6.07) is 0. The predicted molar refractivity (Wildman–Crippen MR) is 114 cm³/mol. The maximum Gasteiger partial charge on any atom is 0.306 e. The molecule has 0 rings (SSSR count). The first-order valence-electron chi connectivity index (χ1n) is 11.5. The average molecular weight is 416 g/mol. The van der Waals surface area contributed by atoms with Crippen LogP contribution < -0.4 is 5.11 Å². The highest BCUT2D eigenvalue weighted by Crippen LogP contribution is 2.14. The lowest BCUT2D eigenvalue weighted by molar-refractivity contribution is -0.873. The molecule has 6 heteroatoms. The van der Waals surface area contributed by atoms with Crippen molar-refractivity contribution in [2.75, 3.05) is 27.7 Å². The number of aliphatic hydroxyl groups is 1. The SMILES string of the molecule is CCCCCCCCCC(O)CCCCCC(=O)OC(CC(=O)[O-])C[N+](C)(C)C. The zero-order valence-electron chi connectivity index (χ0n) is 19.3. The van der Waals surface area contributed by atoms with Crippen LogP contribution in [0.1, 0.15) is 96.8 Å². The second-order valence-corrected chi connectivity index (χ2v) is 9.32. The van der Waals surface area contributed by atoms with Crippen LogP contribution in [0.5, 0.6) is 0 Å². The molecule has 0 fully saturated rings. The van der Waals surface area contributed by atoms with Crippen LogP contribution in [0.3, 0.4) is 0 Å². The van der Waals surface area contributed by atoms with Gasteiger partial charge in [0.05, 0.1) is 27.2 Å². The minimum absolute atomic E-state index is 0.241. The Kier molecular flexibility index (Phi) is 16.0. The molecule has 2 unspecified atom stereocenters. The second kappa shape index (κ2) is 16.6. The summed E-state index contributed by atoms with van der Waals surface area (Å²) >= 11 is 0. The maximum atomic E-state index is 12.0. The molecule has 2 atom stereocenters. The number of carbonyl (C=O) groups excluding carboxylic acids is 2. The van der Waals surface area contributed by atoms with Gasteiger partial charge in [0.15, 0.2) is 6.10 Å². The van der Waals surface area contributed by atoms with Crippen LogP contribution in [0.25, 0.3) is 0 Å². The minimum Gasteiger partial charge on any atom is -0.550 e. The second-order valence-electron chi connectivity index (χ2n) is 9.32. The molecular weight excluding hydrogens is 370 g/mol. The van der Waals surface area contributed by atoms with Crippen molar-refractivity contribution in [2.24, 2.45) is 0 Å². The van der Waals surface area contributed by atoms with Gasteiger partial charge in [-0.05, 0) is 19.3 Å². The van der Waals surface area contributed by atoms with Gasteiger partial charge < -0.3 is 24.2 Å². The summed E-state index contributed by atoms with van der Waals surface area (Å²) in [5.41, 5.74) is 0. The van der Waals surface area contributed by atoms with Crippen molar-refractivity contribution < 1.29 is 29.0 Å². The fraction of sp³-hybridized carbons (Fsp3) is 0.913. The lowest BCUT2D eigenvalue weighted by Crippen LogP contribution is -2.45. The van der Waals surface area contributed by atoms with Gasteiger partial charge in [-0.15, -0.1) is 0 Å². The lowest BCUT2D eigenvalue weighted by atomic mass is 10.0. The summed E-state index contributed by atoms with van der Waals surface area (Å²) in [6.07, 6.45) is 12.0. The molecule has 0 bridgehead atoms. The minimum atomic E-state index is -1.20. The zero-order valence-corrected chi connectivity index (χ0v) is 19.3. The van der Waals surface area contributed by atoms with Gasteiger partial charge in [-0.25, -0.2) is 0 Å².